The Morgan fingerprint density at radius 1 is 1.40 bits per heavy atom. The van der Waals surface area contributed by atoms with Crippen LogP contribution in [0, 0.1) is 6.92 Å². The van der Waals surface area contributed by atoms with Crippen LogP contribution in [-0.2, 0) is 19.5 Å². The van der Waals surface area contributed by atoms with Crippen LogP contribution in [0.25, 0.3) is 0 Å². The molecule has 0 fully saturated rings. The predicted molar refractivity (Wildman–Crippen MR) is 82.3 cm³/mol. The molecule has 0 aliphatic rings. The van der Waals surface area contributed by atoms with E-state index in [4.69, 9.17) is 11.6 Å². The topological polar surface area (TPSA) is 52.7 Å². The quantitative estimate of drug-likeness (QED) is 0.843. The fourth-order valence-corrected chi connectivity index (χ4v) is 2.70. The van der Waals surface area contributed by atoms with Crippen molar-refractivity contribution in [1.29, 1.82) is 0 Å². The van der Waals surface area contributed by atoms with Crippen molar-refractivity contribution in [1.82, 2.24) is 19.3 Å². The van der Waals surface area contributed by atoms with Crippen molar-refractivity contribution >= 4 is 27.5 Å². The minimum Gasteiger partial charge on any atom is -0.290 e. The van der Waals surface area contributed by atoms with Gasteiger partial charge in [-0.2, -0.15) is 5.10 Å². The van der Waals surface area contributed by atoms with Crippen molar-refractivity contribution in [3.8, 4) is 0 Å². The fourth-order valence-electron chi connectivity index (χ4n) is 2.06. The molecule has 0 aromatic carbocycles. The van der Waals surface area contributed by atoms with Crippen molar-refractivity contribution in [2.24, 2.45) is 0 Å². The highest BCUT2D eigenvalue weighted by Gasteiger charge is 2.16. The van der Waals surface area contributed by atoms with Crippen LogP contribution in [0.1, 0.15) is 31.1 Å². The van der Waals surface area contributed by atoms with E-state index in [0.717, 1.165) is 17.8 Å². The van der Waals surface area contributed by atoms with E-state index in [2.05, 4.69) is 26.0 Å². The van der Waals surface area contributed by atoms with Crippen molar-refractivity contribution < 1.29 is 0 Å². The van der Waals surface area contributed by atoms with Gasteiger partial charge in [0.2, 0.25) is 0 Å². The number of hydrogen-bond donors (Lipinski definition) is 0. The van der Waals surface area contributed by atoms with Crippen LogP contribution in [0.3, 0.4) is 0 Å². The average molecular weight is 360 g/mol. The first-order chi connectivity index (χ1) is 9.49. The van der Waals surface area contributed by atoms with Gasteiger partial charge >= 0.3 is 0 Å². The van der Waals surface area contributed by atoms with E-state index >= 15 is 0 Å². The lowest BCUT2D eigenvalue weighted by Crippen LogP contribution is -2.25. The van der Waals surface area contributed by atoms with Gasteiger partial charge in [-0.15, -0.1) is 0 Å². The van der Waals surface area contributed by atoms with Gasteiger partial charge in [0.25, 0.3) is 5.56 Å². The number of rotatable bonds is 4. The molecule has 108 valence electrons. The van der Waals surface area contributed by atoms with E-state index in [1.165, 1.54) is 6.20 Å². The Kier molecular flexibility index (Phi) is 4.65. The number of aromatic nitrogens is 4. The van der Waals surface area contributed by atoms with Crippen LogP contribution in [0.5, 0.6) is 0 Å². The predicted octanol–water partition coefficient (Wildman–Crippen LogP) is 2.79. The summed E-state index contributed by atoms with van der Waals surface area (Å²) in [6.45, 7) is 6.90. The summed E-state index contributed by atoms with van der Waals surface area (Å²) in [7, 11) is 0. The van der Waals surface area contributed by atoms with Crippen molar-refractivity contribution in [3.05, 3.63) is 43.3 Å². The van der Waals surface area contributed by atoms with Crippen LogP contribution in [0.2, 0.25) is 5.02 Å². The van der Waals surface area contributed by atoms with E-state index in [1.54, 1.807) is 11.5 Å². The van der Waals surface area contributed by atoms with E-state index in [-0.39, 0.29) is 5.56 Å². The number of halogens is 2. The summed E-state index contributed by atoms with van der Waals surface area (Å²) in [5, 5.41) is 5.10. The van der Waals surface area contributed by atoms with Crippen LogP contribution in [0.15, 0.2) is 15.5 Å². The Bertz CT molecular complexity index is 692. The van der Waals surface area contributed by atoms with Crippen LogP contribution < -0.4 is 5.56 Å². The summed E-state index contributed by atoms with van der Waals surface area (Å²) in [5.74, 6) is 0.649. The second kappa shape index (κ2) is 6.10. The zero-order valence-electron chi connectivity index (χ0n) is 11.7. The summed E-state index contributed by atoms with van der Waals surface area (Å²) in [5.41, 5.74) is 1.59. The Morgan fingerprint density at radius 3 is 2.70 bits per heavy atom. The monoisotopic (exact) mass is 358 g/mol. The molecule has 0 saturated heterocycles. The van der Waals surface area contributed by atoms with Gasteiger partial charge in [-0.05, 0) is 36.2 Å². The molecule has 0 unspecified atom stereocenters. The van der Waals surface area contributed by atoms with Gasteiger partial charge in [0.1, 0.15) is 10.3 Å². The Balaban J connectivity index is 2.53. The summed E-state index contributed by atoms with van der Waals surface area (Å²) in [6, 6.07) is 0. The van der Waals surface area contributed by atoms with E-state index in [1.807, 2.05) is 18.5 Å². The van der Waals surface area contributed by atoms with E-state index in [9.17, 15) is 4.79 Å². The smallest absolute Gasteiger partial charge is 0.268 e. The molecule has 2 aromatic heterocycles. The molecule has 0 radical (unpaired) electrons. The summed E-state index contributed by atoms with van der Waals surface area (Å²) < 4.78 is 3.88. The lowest BCUT2D eigenvalue weighted by atomic mass is 10.3. The Labute approximate surface area is 130 Å². The van der Waals surface area contributed by atoms with E-state index < -0.39 is 0 Å². The maximum atomic E-state index is 12.2. The molecule has 0 aliphatic carbocycles. The highest BCUT2D eigenvalue weighted by Crippen LogP contribution is 2.22. The Morgan fingerprint density at radius 2 is 2.10 bits per heavy atom. The first-order valence-corrected chi connectivity index (χ1v) is 7.62. The van der Waals surface area contributed by atoms with Gasteiger partial charge in [0.05, 0.1) is 23.0 Å². The molecule has 5 nitrogen and oxygen atoms in total. The zero-order chi connectivity index (χ0) is 14.9. The molecule has 0 amide bonds. The summed E-state index contributed by atoms with van der Waals surface area (Å²) >= 11 is 9.59. The largest absolute Gasteiger partial charge is 0.290 e. The first kappa shape index (κ1) is 15.3. The van der Waals surface area contributed by atoms with Gasteiger partial charge in [0.15, 0.2) is 0 Å². The third-order valence-corrected chi connectivity index (χ3v) is 4.19. The molecule has 7 heteroatoms. The van der Waals surface area contributed by atoms with E-state index in [0.29, 0.717) is 28.4 Å². The number of aryl methyl sites for hydroxylation is 3. The maximum absolute atomic E-state index is 12.2. The van der Waals surface area contributed by atoms with Crippen molar-refractivity contribution in [2.45, 2.75) is 40.3 Å². The summed E-state index contributed by atoms with van der Waals surface area (Å²) in [6.07, 6.45) is 2.29. The molecule has 0 aliphatic heterocycles. The zero-order valence-corrected chi connectivity index (χ0v) is 14.0. The molecular formula is C13H16BrClN4O. The molecule has 2 rings (SSSR count). The molecule has 0 saturated carbocycles. The van der Waals surface area contributed by atoms with Gasteiger partial charge in [-0.3, -0.25) is 14.0 Å². The third kappa shape index (κ3) is 2.67. The number of nitrogens with zero attached hydrogens (tertiary/aromatic N) is 4. The molecule has 0 N–H and O–H groups in total. The van der Waals surface area contributed by atoms with Gasteiger partial charge in [-0.25, -0.2) is 4.98 Å². The van der Waals surface area contributed by atoms with Crippen molar-refractivity contribution in [2.75, 3.05) is 0 Å². The second-order valence-corrected chi connectivity index (χ2v) is 5.65. The first-order valence-electron chi connectivity index (χ1n) is 6.45. The molecule has 0 spiro atoms. The number of hydrogen-bond acceptors (Lipinski definition) is 3. The fraction of sp³-hybridized carbons (Fsp3) is 0.462. The molecule has 2 aromatic rings. The second-order valence-electron chi connectivity index (χ2n) is 4.42. The normalized spacial score (nSPS) is 11.1. The molecule has 0 bridgehead atoms. The third-order valence-electron chi connectivity index (χ3n) is 3.21. The minimum atomic E-state index is -0.115. The standard InChI is InChI=1S/C13H16BrClN4O/c1-4-10-12(15)11(19(5-2)17-10)7-18-8(3)16-6-9(14)13(18)20/h6H,4-5,7H2,1-3H3. The molecule has 2 heterocycles. The lowest BCUT2D eigenvalue weighted by Gasteiger charge is -2.11. The SMILES string of the molecule is CCc1nn(CC)c(Cn2c(C)ncc(Br)c2=O)c1Cl. The van der Waals surface area contributed by atoms with Gasteiger partial charge in [-0.1, -0.05) is 18.5 Å². The highest BCUT2D eigenvalue weighted by molar-refractivity contribution is 9.10. The molecular weight excluding hydrogens is 344 g/mol. The summed E-state index contributed by atoms with van der Waals surface area (Å²) in [4.78, 5) is 16.4. The molecule has 20 heavy (non-hydrogen) atoms. The maximum Gasteiger partial charge on any atom is 0.268 e. The lowest BCUT2D eigenvalue weighted by molar-refractivity contribution is 0.578. The Hall–Kier alpha value is -1.14. The average Bonchev–Trinajstić information content (AvgIpc) is 2.75. The van der Waals surface area contributed by atoms with Crippen molar-refractivity contribution in [3.63, 3.8) is 0 Å². The van der Waals surface area contributed by atoms with Gasteiger partial charge < -0.3 is 0 Å². The van der Waals surface area contributed by atoms with Crippen LogP contribution in [-0.4, -0.2) is 19.3 Å². The van der Waals surface area contributed by atoms with Crippen LogP contribution in [0.4, 0.5) is 0 Å². The van der Waals surface area contributed by atoms with Crippen LogP contribution >= 0.6 is 27.5 Å². The highest BCUT2D eigenvalue weighted by atomic mass is 79.9. The van der Waals surface area contributed by atoms with Gasteiger partial charge in [0, 0.05) is 12.7 Å². The minimum absolute atomic E-state index is 0.115. The molecule has 0 atom stereocenters.